The summed E-state index contributed by atoms with van der Waals surface area (Å²) < 4.78 is 7.19. The van der Waals surface area contributed by atoms with Crippen LogP contribution >= 0.6 is 15.9 Å². The normalized spacial score (nSPS) is 31.8. The Labute approximate surface area is 135 Å². The molecule has 4 rings (SSSR count). The smallest absolute Gasteiger partial charge is 0.123 e. The van der Waals surface area contributed by atoms with E-state index in [9.17, 15) is 0 Å². The van der Waals surface area contributed by atoms with Crippen molar-refractivity contribution in [2.75, 3.05) is 19.6 Å². The molecule has 3 unspecified atom stereocenters. The van der Waals surface area contributed by atoms with E-state index in [-0.39, 0.29) is 0 Å². The van der Waals surface area contributed by atoms with Crippen LogP contribution < -0.4 is 10.1 Å². The molecule has 2 saturated heterocycles. The first kappa shape index (κ1) is 14.0. The highest BCUT2D eigenvalue weighted by Gasteiger charge is 2.32. The third-order valence-electron chi connectivity index (χ3n) is 5.22. The molecule has 0 amide bonds. The van der Waals surface area contributed by atoms with Crippen LogP contribution in [0, 0.1) is 0 Å². The van der Waals surface area contributed by atoms with Gasteiger partial charge in [-0.25, -0.2) is 0 Å². The molecule has 3 nitrogen and oxygen atoms in total. The van der Waals surface area contributed by atoms with E-state index in [2.05, 4.69) is 44.3 Å². The van der Waals surface area contributed by atoms with Gasteiger partial charge in [-0.1, -0.05) is 15.9 Å². The Balaban J connectivity index is 1.29. The first-order valence-electron chi connectivity index (χ1n) is 8.20. The van der Waals surface area contributed by atoms with E-state index in [1.807, 2.05) is 0 Å². The molecule has 4 heteroatoms. The van der Waals surface area contributed by atoms with Crippen LogP contribution in [0.25, 0.3) is 0 Å². The van der Waals surface area contributed by atoms with E-state index in [0.717, 1.165) is 29.2 Å². The summed E-state index contributed by atoms with van der Waals surface area (Å²) in [6.45, 7) is 3.58. The molecule has 0 aliphatic carbocycles. The van der Waals surface area contributed by atoms with Gasteiger partial charge in [-0.15, -0.1) is 0 Å². The summed E-state index contributed by atoms with van der Waals surface area (Å²) in [7, 11) is 0. The number of hydrogen-bond acceptors (Lipinski definition) is 3. The number of halogens is 1. The van der Waals surface area contributed by atoms with E-state index in [1.165, 1.54) is 44.3 Å². The number of piperidine rings is 1. The molecule has 0 bridgehead atoms. The summed E-state index contributed by atoms with van der Waals surface area (Å²) in [5, 5.41) is 3.76. The van der Waals surface area contributed by atoms with Gasteiger partial charge < -0.3 is 15.0 Å². The summed E-state index contributed by atoms with van der Waals surface area (Å²) >= 11 is 3.54. The second kappa shape index (κ2) is 5.90. The topological polar surface area (TPSA) is 24.5 Å². The van der Waals surface area contributed by atoms with E-state index in [0.29, 0.717) is 12.1 Å². The van der Waals surface area contributed by atoms with Crippen LogP contribution in [0.1, 0.15) is 31.2 Å². The molecule has 0 saturated carbocycles. The molecular weight excluding hydrogens is 328 g/mol. The van der Waals surface area contributed by atoms with Gasteiger partial charge in [0.05, 0.1) is 0 Å². The lowest BCUT2D eigenvalue weighted by atomic mass is 9.97. The number of ether oxygens (including phenoxy) is 1. The minimum absolute atomic E-state index is 0.302. The fraction of sp³-hybridized carbons (Fsp3) is 0.647. The summed E-state index contributed by atoms with van der Waals surface area (Å²) in [6, 6.07) is 7.85. The largest absolute Gasteiger partial charge is 0.488 e. The van der Waals surface area contributed by atoms with Crippen LogP contribution in [0.3, 0.4) is 0 Å². The molecule has 0 aromatic heterocycles. The average Bonchev–Trinajstić information content (AvgIpc) is 3.09. The number of hydrogen-bond donors (Lipinski definition) is 1. The second-order valence-electron chi connectivity index (χ2n) is 6.66. The zero-order valence-corrected chi connectivity index (χ0v) is 13.9. The summed E-state index contributed by atoms with van der Waals surface area (Å²) in [5.74, 6) is 1.07. The van der Waals surface area contributed by atoms with Crippen molar-refractivity contribution in [3.8, 4) is 5.75 Å². The SMILES string of the molecule is Brc1ccc2c(c1)CC(CNC1CCN3CCCC3C1)O2. The molecule has 3 aliphatic rings. The Hall–Kier alpha value is -0.580. The molecule has 3 heterocycles. The quantitative estimate of drug-likeness (QED) is 0.906. The Morgan fingerprint density at radius 2 is 2.24 bits per heavy atom. The fourth-order valence-electron chi connectivity index (χ4n) is 4.11. The van der Waals surface area contributed by atoms with Gasteiger partial charge in [0.2, 0.25) is 0 Å². The van der Waals surface area contributed by atoms with Gasteiger partial charge in [0.1, 0.15) is 11.9 Å². The van der Waals surface area contributed by atoms with Crippen molar-refractivity contribution in [3.05, 3.63) is 28.2 Å². The van der Waals surface area contributed by atoms with Crippen molar-refractivity contribution in [3.63, 3.8) is 0 Å². The van der Waals surface area contributed by atoms with Gasteiger partial charge in [-0.3, -0.25) is 0 Å². The van der Waals surface area contributed by atoms with Crippen molar-refractivity contribution in [1.29, 1.82) is 0 Å². The number of nitrogens with zero attached hydrogens (tertiary/aromatic N) is 1. The van der Waals surface area contributed by atoms with Gasteiger partial charge in [0.25, 0.3) is 0 Å². The van der Waals surface area contributed by atoms with Crippen LogP contribution in [0.2, 0.25) is 0 Å². The standard InChI is InChI=1S/C17H23BrN2O/c18-13-3-4-17-12(8-13)9-16(21-17)11-19-14-5-7-20-6-1-2-15(20)10-14/h3-4,8,14-16,19H,1-2,5-7,9-11H2. The maximum atomic E-state index is 6.05. The number of benzene rings is 1. The van der Waals surface area contributed by atoms with Crippen molar-refractivity contribution in [1.82, 2.24) is 10.2 Å². The summed E-state index contributed by atoms with van der Waals surface area (Å²) in [4.78, 5) is 2.68. The highest BCUT2D eigenvalue weighted by atomic mass is 79.9. The van der Waals surface area contributed by atoms with Crippen LogP contribution in [0.5, 0.6) is 5.75 Å². The fourth-order valence-corrected chi connectivity index (χ4v) is 4.52. The lowest BCUT2D eigenvalue weighted by Gasteiger charge is -2.35. The Morgan fingerprint density at radius 1 is 1.29 bits per heavy atom. The first-order valence-corrected chi connectivity index (χ1v) is 9.00. The third kappa shape index (κ3) is 2.99. The van der Waals surface area contributed by atoms with Gasteiger partial charge >= 0.3 is 0 Å². The van der Waals surface area contributed by atoms with Crippen molar-refractivity contribution in [2.24, 2.45) is 0 Å². The molecule has 21 heavy (non-hydrogen) atoms. The van der Waals surface area contributed by atoms with Crippen LogP contribution in [0.15, 0.2) is 22.7 Å². The molecule has 114 valence electrons. The predicted molar refractivity (Wildman–Crippen MR) is 87.9 cm³/mol. The van der Waals surface area contributed by atoms with Gasteiger partial charge in [-0.05, 0) is 62.5 Å². The molecule has 3 atom stereocenters. The molecule has 0 spiro atoms. The maximum absolute atomic E-state index is 6.05. The summed E-state index contributed by atoms with van der Waals surface area (Å²) in [5.41, 5.74) is 1.33. The third-order valence-corrected chi connectivity index (χ3v) is 5.71. The lowest BCUT2D eigenvalue weighted by molar-refractivity contribution is 0.154. The Kier molecular flexibility index (Phi) is 3.94. The lowest BCUT2D eigenvalue weighted by Crippen LogP contribution is -2.47. The van der Waals surface area contributed by atoms with Crippen LogP contribution in [-0.4, -0.2) is 42.7 Å². The molecule has 0 radical (unpaired) electrons. The highest BCUT2D eigenvalue weighted by molar-refractivity contribution is 9.10. The van der Waals surface area contributed by atoms with E-state index >= 15 is 0 Å². The maximum Gasteiger partial charge on any atom is 0.123 e. The highest BCUT2D eigenvalue weighted by Crippen LogP contribution is 2.31. The molecule has 1 aromatic rings. The molecule has 1 aromatic carbocycles. The van der Waals surface area contributed by atoms with Gasteiger partial charge in [0, 0.05) is 29.5 Å². The zero-order valence-electron chi connectivity index (χ0n) is 12.4. The number of rotatable bonds is 3. The molecule has 2 fully saturated rings. The van der Waals surface area contributed by atoms with E-state index in [1.54, 1.807) is 0 Å². The van der Waals surface area contributed by atoms with Crippen LogP contribution in [-0.2, 0) is 6.42 Å². The average molecular weight is 351 g/mol. The summed E-state index contributed by atoms with van der Waals surface area (Å²) in [6.07, 6.45) is 6.75. The van der Waals surface area contributed by atoms with Crippen molar-refractivity contribution >= 4 is 15.9 Å². The number of nitrogens with one attached hydrogen (secondary N) is 1. The molecular formula is C17H23BrN2O. The second-order valence-corrected chi connectivity index (χ2v) is 7.57. The molecule has 3 aliphatic heterocycles. The zero-order chi connectivity index (χ0) is 14.2. The number of fused-ring (bicyclic) bond motifs is 2. The van der Waals surface area contributed by atoms with E-state index < -0.39 is 0 Å². The van der Waals surface area contributed by atoms with Crippen molar-refractivity contribution < 1.29 is 4.74 Å². The first-order chi connectivity index (χ1) is 10.3. The van der Waals surface area contributed by atoms with E-state index in [4.69, 9.17) is 4.74 Å². The minimum Gasteiger partial charge on any atom is -0.488 e. The van der Waals surface area contributed by atoms with Crippen LogP contribution in [0.4, 0.5) is 0 Å². The monoisotopic (exact) mass is 350 g/mol. The Bertz CT molecular complexity index is 522. The minimum atomic E-state index is 0.302. The molecule has 1 N–H and O–H groups in total. The predicted octanol–water partition coefficient (Wildman–Crippen LogP) is 2.97. The van der Waals surface area contributed by atoms with Gasteiger partial charge in [0.15, 0.2) is 0 Å². The van der Waals surface area contributed by atoms with Gasteiger partial charge in [-0.2, -0.15) is 0 Å². The Morgan fingerprint density at radius 3 is 3.19 bits per heavy atom. The van der Waals surface area contributed by atoms with Crippen molar-refractivity contribution in [2.45, 2.75) is 50.3 Å².